The fourth-order valence-corrected chi connectivity index (χ4v) is 4.26. The molecule has 0 spiro atoms. The number of alkyl halides is 1. The standard InChI is InChI=1S/C19H20BrN5O2S/c20-9-3-8-17(26)22-16-11-14(15-7-4-10-28-15)24-25(16)19-21-13-6-2-1-5-12(13)18(27)23-19/h4,7,10-11H,1-3,5-6,8-9H2,(H,22,26)(H,21,23,27). The van der Waals surface area contributed by atoms with Crippen LogP contribution in [0, 0.1) is 0 Å². The maximum atomic E-state index is 12.5. The number of nitrogens with zero attached hydrogens (tertiary/aromatic N) is 3. The van der Waals surface area contributed by atoms with Crippen molar-refractivity contribution in [3.05, 3.63) is 45.2 Å². The predicted octanol–water partition coefficient (Wildman–Crippen LogP) is 3.68. The summed E-state index contributed by atoms with van der Waals surface area (Å²) in [5.41, 5.74) is 2.20. The molecular formula is C19H20BrN5O2S. The first kappa shape index (κ1) is 19.1. The van der Waals surface area contributed by atoms with E-state index in [1.165, 1.54) is 4.68 Å². The molecule has 1 amide bonds. The number of carbonyl (C=O) groups is 1. The van der Waals surface area contributed by atoms with E-state index in [1.807, 2.05) is 23.6 Å². The van der Waals surface area contributed by atoms with Gasteiger partial charge in [0, 0.05) is 23.4 Å². The van der Waals surface area contributed by atoms with Gasteiger partial charge in [-0.2, -0.15) is 9.78 Å². The number of aromatic amines is 1. The molecule has 0 saturated carbocycles. The Hall–Kier alpha value is -2.26. The molecular weight excluding hydrogens is 442 g/mol. The molecule has 0 atom stereocenters. The highest BCUT2D eigenvalue weighted by atomic mass is 79.9. The van der Waals surface area contributed by atoms with E-state index in [4.69, 9.17) is 0 Å². The number of hydrogen-bond acceptors (Lipinski definition) is 5. The third kappa shape index (κ3) is 3.95. The minimum absolute atomic E-state index is 0.0985. The van der Waals surface area contributed by atoms with E-state index in [1.54, 1.807) is 11.3 Å². The second kappa shape index (κ2) is 8.40. The maximum Gasteiger partial charge on any atom is 0.255 e. The molecule has 9 heteroatoms. The number of H-pyrrole nitrogens is 1. The van der Waals surface area contributed by atoms with Gasteiger partial charge >= 0.3 is 0 Å². The van der Waals surface area contributed by atoms with E-state index >= 15 is 0 Å². The van der Waals surface area contributed by atoms with Crippen molar-refractivity contribution in [1.82, 2.24) is 19.7 Å². The summed E-state index contributed by atoms with van der Waals surface area (Å²) >= 11 is 4.91. The molecule has 0 radical (unpaired) electrons. The lowest BCUT2D eigenvalue weighted by Gasteiger charge is -2.15. The molecule has 3 aromatic rings. The molecule has 2 N–H and O–H groups in total. The van der Waals surface area contributed by atoms with Crippen LogP contribution >= 0.6 is 27.3 Å². The molecule has 0 unspecified atom stereocenters. The van der Waals surface area contributed by atoms with Crippen molar-refractivity contribution in [3.63, 3.8) is 0 Å². The number of nitrogens with one attached hydrogen (secondary N) is 2. The van der Waals surface area contributed by atoms with Crippen LogP contribution in [0.25, 0.3) is 16.5 Å². The summed E-state index contributed by atoms with van der Waals surface area (Å²) in [5, 5.41) is 10.3. The van der Waals surface area contributed by atoms with Gasteiger partial charge in [0.1, 0.15) is 11.5 Å². The van der Waals surface area contributed by atoms with Crippen LogP contribution in [-0.4, -0.2) is 31.0 Å². The fraction of sp³-hybridized carbons (Fsp3) is 0.368. The summed E-state index contributed by atoms with van der Waals surface area (Å²) in [6, 6.07) is 5.74. The van der Waals surface area contributed by atoms with Crippen LogP contribution < -0.4 is 10.9 Å². The third-order valence-corrected chi connectivity index (χ3v) is 6.12. The van der Waals surface area contributed by atoms with Crippen molar-refractivity contribution in [2.24, 2.45) is 0 Å². The molecule has 3 aromatic heterocycles. The Morgan fingerprint density at radius 2 is 2.21 bits per heavy atom. The third-order valence-electron chi connectivity index (χ3n) is 4.67. The summed E-state index contributed by atoms with van der Waals surface area (Å²) in [7, 11) is 0. The Morgan fingerprint density at radius 3 is 3.00 bits per heavy atom. The normalized spacial score (nSPS) is 13.3. The van der Waals surface area contributed by atoms with Crippen LogP contribution in [0.2, 0.25) is 0 Å². The topological polar surface area (TPSA) is 92.7 Å². The van der Waals surface area contributed by atoms with Crippen molar-refractivity contribution in [2.75, 3.05) is 10.6 Å². The average molecular weight is 462 g/mol. The minimum atomic E-state index is -0.121. The lowest BCUT2D eigenvalue weighted by atomic mass is 9.97. The number of carbonyl (C=O) groups excluding carboxylic acids is 1. The van der Waals surface area contributed by atoms with Gasteiger partial charge in [-0.15, -0.1) is 11.3 Å². The smallest absolute Gasteiger partial charge is 0.255 e. The van der Waals surface area contributed by atoms with Gasteiger partial charge in [0.25, 0.3) is 5.56 Å². The minimum Gasteiger partial charge on any atom is -0.310 e. The largest absolute Gasteiger partial charge is 0.310 e. The highest BCUT2D eigenvalue weighted by Crippen LogP contribution is 2.27. The van der Waals surface area contributed by atoms with Crippen molar-refractivity contribution < 1.29 is 4.79 Å². The van der Waals surface area contributed by atoms with Crippen LogP contribution in [0.1, 0.15) is 36.9 Å². The fourth-order valence-electron chi connectivity index (χ4n) is 3.30. The van der Waals surface area contributed by atoms with Gasteiger partial charge < -0.3 is 5.32 Å². The van der Waals surface area contributed by atoms with Gasteiger partial charge in [0.2, 0.25) is 11.9 Å². The second-order valence-electron chi connectivity index (χ2n) is 6.67. The zero-order valence-electron chi connectivity index (χ0n) is 15.2. The van der Waals surface area contributed by atoms with Crippen LogP contribution in [-0.2, 0) is 17.6 Å². The van der Waals surface area contributed by atoms with E-state index in [-0.39, 0.29) is 11.5 Å². The molecule has 4 rings (SSSR count). The van der Waals surface area contributed by atoms with Crippen molar-refractivity contribution in [1.29, 1.82) is 0 Å². The quantitative estimate of drug-likeness (QED) is 0.547. The average Bonchev–Trinajstić information content (AvgIpc) is 3.36. The molecule has 28 heavy (non-hydrogen) atoms. The van der Waals surface area contributed by atoms with Gasteiger partial charge in [-0.05, 0) is 43.6 Å². The molecule has 3 heterocycles. The summed E-state index contributed by atoms with van der Waals surface area (Å²) in [5.74, 6) is 0.741. The Kier molecular flexibility index (Phi) is 5.72. The van der Waals surface area contributed by atoms with Gasteiger partial charge in [0.05, 0.1) is 10.6 Å². The zero-order valence-corrected chi connectivity index (χ0v) is 17.6. The zero-order chi connectivity index (χ0) is 19.5. The predicted molar refractivity (Wildman–Crippen MR) is 114 cm³/mol. The first-order valence-corrected chi connectivity index (χ1v) is 11.3. The molecule has 1 aliphatic carbocycles. The molecule has 1 aliphatic rings. The number of halogens is 1. The van der Waals surface area contributed by atoms with Crippen molar-refractivity contribution in [2.45, 2.75) is 38.5 Å². The number of anilines is 1. The monoisotopic (exact) mass is 461 g/mol. The van der Waals surface area contributed by atoms with E-state index in [0.29, 0.717) is 18.2 Å². The van der Waals surface area contributed by atoms with Gasteiger partial charge in [-0.1, -0.05) is 22.0 Å². The molecule has 0 fully saturated rings. The number of aryl methyl sites for hydroxylation is 1. The SMILES string of the molecule is O=C(CCCBr)Nc1cc(-c2cccs2)nn1-c1nc2c(c(=O)[nH]1)CCCC2. The lowest BCUT2D eigenvalue weighted by molar-refractivity contribution is -0.116. The van der Waals surface area contributed by atoms with Crippen LogP contribution in [0.15, 0.2) is 28.4 Å². The molecule has 0 bridgehead atoms. The number of amides is 1. The van der Waals surface area contributed by atoms with Crippen LogP contribution in [0.4, 0.5) is 5.82 Å². The maximum absolute atomic E-state index is 12.5. The lowest BCUT2D eigenvalue weighted by Crippen LogP contribution is -2.24. The van der Waals surface area contributed by atoms with Crippen LogP contribution in [0.5, 0.6) is 0 Å². The number of thiophene rings is 1. The summed E-state index contributed by atoms with van der Waals surface area (Å²) in [6.45, 7) is 0. The van der Waals surface area contributed by atoms with Crippen molar-refractivity contribution in [3.8, 4) is 16.5 Å². The first-order chi connectivity index (χ1) is 13.7. The highest BCUT2D eigenvalue weighted by molar-refractivity contribution is 9.09. The Bertz CT molecular complexity index is 1040. The second-order valence-corrected chi connectivity index (χ2v) is 8.41. The van der Waals surface area contributed by atoms with Gasteiger partial charge in [-0.25, -0.2) is 4.98 Å². The van der Waals surface area contributed by atoms with E-state index in [0.717, 1.165) is 59.3 Å². The first-order valence-electron chi connectivity index (χ1n) is 9.28. The molecule has 7 nitrogen and oxygen atoms in total. The van der Waals surface area contributed by atoms with E-state index in [2.05, 4.69) is 36.3 Å². The number of fused-ring (bicyclic) bond motifs is 1. The molecule has 146 valence electrons. The Labute approximate surface area is 174 Å². The molecule has 0 aliphatic heterocycles. The number of hydrogen-bond donors (Lipinski definition) is 2. The number of aromatic nitrogens is 4. The van der Waals surface area contributed by atoms with Crippen LogP contribution in [0.3, 0.4) is 0 Å². The van der Waals surface area contributed by atoms with Crippen molar-refractivity contribution >= 4 is 39.0 Å². The summed E-state index contributed by atoms with van der Waals surface area (Å²) in [6.07, 6.45) is 4.73. The highest BCUT2D eigenvalue weighted by Gasteiger charge is 2.20. The summed E-state index contributed by atoms with van der Waals surface area (Å²) < 4.78 is 1.53. The van der Waals surface area contributed by atoms with E-state index in [9.17, 15) is 9.59 Å². The Balaban J connectivity index is 1.75. The van der Waals surface area contributed by atoms with Gasteiger partial charge in [-0.3, -0.25) is 14.6 Å². The summed E-state index contributed by atoms with van der Waals surface area (Å²) in [4.78, 5) is 33.3. The number of rotatable bonds is 6. The Morgan fingerprint density at radius 1 is 1.36 bits per heavy atom. The molecule has 0 aromatic carbocycles. The molecule has 0 saturated heterocycles. The van der Waals surface area contributed by atoms with Gasteiger partial charge in [0.15, 0.2) is 0 Å². The van der Waals surface area contributed by atoms with E-state index < -0.39 is 0 Å².